The first-order valence-corrected chi connectivity index (χ1v) is 11.3. The molecule has 7 nitrogen and oxygen atoms in total. The van der Waals surface area contributed by atoms with Crippen LogP contribution in [-0.2, 0) is 15.8 Å². The number of amides is 2. The quantitative estimate of drug-likeness (QED) is 0.611. The molecule has 3 heterocycles. The first-order valence-electron chi connectivity index (χ1n) is 11.3. The summed E-state index contributed by atoms with van der Waals surface area (Å²) in [5, 5.41) is 11.3. The first kappa shape index (κ1) is 24.4. The average Bonchev–Trinajstić information content (AvgIpc) is 3.17. The molecule has 1 spiro atoms. The Morgan fingerprint density at radius 3 is 2.43 bits per heavy atom. The van der Waals surface area contributed by atoms with Crippen molar-refractivity contribution in [1.29, 1.82) is 5.41 Å². The Hall–Kier alpha value is -3.69. The van der Waals surface area contributed by atoms with Gasteiger partial charge in [0, 0.05) is 37.7 Å². The van der Waals surface area contributed by atoms with Crippen LogP contribution in [0.2, 0.25) is 0 Å². The van der Waals surface area contributed by atoms with Crippen LogP contribution >= 0.6 is 0 Å². The molecular weight excluding hydrogens is 459 g/mol. The summed E-state index contributed by atoms with van der Waals surface area (Å²) in [6.45, 7) is 2.57. The molecule has 2 amide bonds. The molecule has 0 bridgehead atoms. The number of anilines is 2. The summed E-state index contributed by atoms with van der Waals surface area (Å²) in [4.78, 5) is 33.0. The second kappa shape index (κ2) is 9.52. The lowest BCUT2D eigenvalue weighted by Gasteiger charge is -2.38. The van der Waals surface area contributed by atoms with Gasteiger partial charge < -0.3 is 10.2 Å². The van der Waals surface area contributed by atoms with E-state index >= 15 is 0 Å². The normalized spacial score (nSPS) is 18.2. The minimum Gasteiger partial charge on any atom is -0.361 e. The van der Waals surface area contributed by atoms with E-state index < -0.39 is 23.1 Å². The smallest absolute Gasteiger partial charge is 0.361 e. The summed E-state index contributed by atoms with van der Waals surface area (Å²) in [7, 11) is 0. The zero-order valence-electron chi connectivity index (χ0n) is 19.2. The number of piperidine rings is 1. The first-order chi connectivity index (χ1) is 16.6. The number of rotatable bonds is 5. The maximum Gasteiger partial charge on any atom is 0.416 e. The van der Waals surface area contributed by atoms with E-state index in [0.29, 0.717) is 37.9 Å². The van der Waals surface area contributed by atoms with Crippen molar-refractivity contribution >= 4 is 29.0 Å². The van der Waals surface area contributed by atoms with Gasteiger partial charge in [-0.3, -0.25) is 19.9 Å². The lowest BCUT2D eigenvalue weighted by atomic mass is 9.77. The van der Waals surface area contributed by atoms with Crippen molar-refractivity contribution in [3.05, 3.63) is 66.0 Å². The van der Waals surface area contributed by atoms with Crippen LogP contribution in [0.5, 0.6) is 0 Å². The SMILES string of the molecule is C/C(=C/Nc1ccccc1)C(=N)C(=O)N1CCC2(CC1)CCN(c1cc(C(F)(F)F)ccn1)C2=O. The zero-order valence-corrected chi connectivity index (χ0v) is 19.2. The number of para-hydroxylation sites is 1. The molecule has 184 valence electrons. The summed E-state index contributed by atoms with van der Waals surface area (Å²) in [5.41, 5.74) is -0.379. The van der Waals surface area contributed by atoms with E-state index in [-0.39, 0.29) is 24.0 Å². The minimum atomic E-state index is -4.52. The number of alkyl halides is 3. The zero-order chi connectivity index (χ0) is 25.2. The molecule has 2 aromatic rings. The van der Waals surface area contributed by atoms with Gasteiger partial charge in [-0.1, -0.05) is 18.2 Å². The highest BCUT2D eigenvalue weighted by molar-refractivity contribution is 6.43. The van der Waals surface area contributed by atoms with E-state index in [1.165, 1.54) is 4.90 Å². The molecule has 0 unspecified atom stereocenters. The summed E-state index contributed by atoms with van der Waals surface area (Å²) in [6.07, 6.45) is -0.565. The lowest BCUT2D eigenvalue weighted by Crippen LogP contribution is -2.48. The van der Waals surface area contributed by atoms with Crippen molar-refractivity contribution in [3.8, 4) is 0 Å². The number of aromatic nitrogens is 1. The number of pyridine rings is 1. The largest absolute Gasteiger partial charge is 0.416 e. The van der Waals surface area contributed by atoms with Crippen LogP contribution < -0.4 is 10.2 Å². The Morgan fingerprint density at radius 2 is 1.77 bits per heavy atom. The van der Waals surface area contributed by atoms with E-state index in [0.717, 1.165) is 24.0 Å². The van der Waals surface area contributed by atoms with E-state index in [9.17, 15) is 22.8 Å². The number of nitrogens with zero attached hydrogens (tertiary/aromatic N) is 3. The standard InChI is InChI=1S/C25H26F3N5O2/c1-17(16-31-19-5-3-2-4-6-19)21(29)22(34)32-12-8-24(9-13-32)10-14-33(23(24)35)20-15-18(7-11-30-20)25(26,27)28/h2-7,11,15-16,29,31H,8-10,12-14H2,1H3/b17-16-,29-21?. The fourth-order valence-corrected chi connectivity index (χ4v) is 4.51. The fraction of sp³-hybridized carbons (Fsp3) is 0.360. The van der Waals surface area contributed by atoms with Gasteiger partial charge in [-0.25, -0.2) is 4.98 Å². The molecule has 0 atom stereocenters. The maximum atomic E-state index is 13.2. The molecule has 4 rings (SSSR count). The predicted octanol–water partition coefficient (Wildman–Crippen LogP) is 4.48. The highest BCUT2D eigenvalue weighted by Gasteiger charge is 2.49. The topological polar surface area (TPSA) is 89.4 Å². The van der Waals surface area contributed by atoms with E-state index in [2.05, 4.69) is 10.3 Å². The third kappa shape index (κ3) is 5.06. The molecular formula is C25H26F3N5O2. The van der Waals surface area contributed by atoms with Gasteiger partial charge in [0.15, 0.2) is 0 Å². The summed E-state index contributed by atoms with van der Waals surface area (Å²) < 4.78 is 39.2. The number of carbonyl (C=O) groups is 2. The van der Waals surface area contributed by atoms with Crippen molar-refractivity contribution in [1.82, 2.24) is 9.88 Å². The van der Waals surface area contributed by atoms with Crippen LogP contribution in [0.1, 0.15) is 31.7 Å². The second-order valence-corrected chi connectivity index (χ2v) is 8.89. The highest BCUT2D eigenvalue weighted by Crippen LogP contribution is 2.43. The number of benzene rings is 1. The highest BCUT2D eigenvalue weighted by atomic mass is 19.4. The molecule has 2 saturated heterocycles. The van der Waals surface area contributed by atoms with Crippen LogP contribution in [0.25, 0.3) is 0 Å². The minimum absolute atomic E-state index is 0.00587. The van der Waals surface area contributed by atoms with E-state index in [4.69, 9.17) is 5.41 Å². The average molecular weight is 486 g/mol. The molecule has 2 aliphatic heterocycles. The number of halogens is 3. The number of hydrogen-bond donors (Lipinski definition) is 2. The summed E-state index contributed by atoms with van der Waals surface area (Å²) in [5.74, 6) is -0.673. The third-order valence-electron chi connectivity index (χ3n) is 6.71. The Labute approximate surface area is 201 Å². The van der Waals surface area contributed by atoms with Crippen molar-refractivity contribution < 1.29 is 22.8 Å². The summed E-state index contributed by atoms with van der Waals surface area (Å²) >= 11 is 0. The third-order valence-corrected chi connectivity index (χ3v) is 6.71. The van der Waals surface area contributed by atoms with Crippen LogP contribution in [0.15, 0.2) is 60.4 Å². The van der Waals surface area contributed by atoms with Gasteiger partial charge >= 0.3 is 6.18 Å². The molecule has 0 radical (unpaired) electrons. The van der Waals surface area contributed by atoms with E-state index in [1.54, 1.807) is 18.0 Å². The molecule has 0 aliphatic carbocycles. The summed E-state index contributed by atoms with van der Waals surface area (Å²) in [6, 6.07) is 11.2. The molecule has 35 heavy (non-hydrogen) atoms. The predicted molar refractivity (Wildman–Crippen MR) is 126 cm³/mol. The van der Waals surface area contributed by atoms with Gasteiger partial charge in [-0.05, 0) is 56.0 Å². The second-order valence-electron chi connectivity index (χ2n) is 8.89. The Morgan fingerprint density at radius 1 is 1.11 bits per heavy atom. The molecule has 0 saturated carbocycles. The molecule has 10 heteroatoms. The van der Waals surface area contributed by atoms with Crippen LogP contribution in [0, 0.1) is 10.8 Å². The number of hydrogen-bond acceptors (Lipinski definition) is 5. The molecule has 2 aliphatic rings. The van der Waals surface area contributed by atoms with Crippen LogP contribution in [-0.4, -0.2) is 47.0 Å². The van der Waals surface area contributed by atoms with Gasteiger partial charge in [0.05, 0.1) is 11.0 Å². The Bertz CT molecular complexity index is 1160. The van der Waals surface area contributed by atoms with Gasteiger partial charge in [-0.2, -0.15) is 13.2 Å². The maximum absolute atomic E-state index is 13.2. The number of likely N-dealkylation sites (tertiary alicyclic amines) is 1. The van der Waals surface area contributed by atoms with Crippen LogP contribution in [0.4, 0.5) is 24.7 Å². The van der Waals surface area contributed by atoms with Gasteiger partial charge in [0.2, 0.25) is 5.91 Å². The van der Waals surface area contributed by atoms with E-state index in [1.807, 2.05) is 30.3 Å². The van der Waals surface area contributed by atoms with Gasteiger partial charge in [0.25, 0.3) is 5.91 Å². The monoisotopic (exact) mass is 485 g/mol. The van der Waals surface area contributed by atoms with Gasteiger partial charge in [0.1, 0.15) is 11.5 Å². The van der Waals surface area contributed by atoms with Crippen LogP contribution in [0.3, 0.4) is 0 Å². The number of carbonyl (C=O) groups excluding carboxylic acids is 2. The molecule has 2 fully saturated rings. The Balaban J connectivity index is 1.38. The molecule has 2 N–H and O–H groups in total. The number of nitrogens with one attached hydrogen (secondary N) is 2. The lowest BCUT2D eigenvalue weighted by molar-refractivity contribution is -0.137. The molecule has 1 aromatic carbocycles. The Kier molecular flexibility index (Phi) is 6.64. The van der Waals surface area contributed by atoms with Crippen molar-refractivity contribution in [2.24, 2.45) is 5.41 Å². The van der Waals surface area contributed by atoms with Gasteiger partial charge in [-0.15, -0.1) is 0 Å². The van der Waals surface area contributed by atoms with Crippen molar-refractivity contribution in [2.45, 2.75) is 32.4 Å². The fourth-order valence-electron chi connectivity index (χ4n) is 4.51. The molecule has 1 aromatic heterocycles. The van der Waals surface area contributed by atoms with Crippen molar-refractivity contribution in [3.63, 3.8) is 0 Å². The van der Waals surface area contributed by atoms with Crippen molar-refractivity contribution in [2.75, 3.05) is 29.9 Å².